The van der Waals surface area contributed by atoms with Crippen molar-refractivity contribution in [2.24, 2.45) is 5.92 Å². The first-order valence-corrected chi connectivity index (χ1v) is 9.16. The average molecular weight is 383 g/mol. The van der Waals surface area contributed by atoms with Crippen molar-refractivity contribution in [1.29, 1.82) is 5.26 Å². The summed E-state index contributed by atoms with van der Waals surface area (Å²) in [6, 6.07) is 16.6. The number of rotatable bonds is 3. The Morgan fingerprint density at radius 3 is 2.79 bits per heavy atom. The number of hydrogen-bond acceptors (Lipinski definition) is 3. The molecule has 0 saturated carbocycles. The summed E-state index contributed by atoms with van der Waals surface area (Å²) in [5.41, 5.74) is 3.32. The van der Waals surface area contributed by atoms with Crippen molar-refractivity contribution in [3.63, 3.8) is 0 Å². The van der Waals surface area contributed by atoms with Crippen LogP contribution in [0.25, 0.3) is 0 Å². The second-order valence-corrected chi connectivity index (χ2v) is 7.59. The SMILES string of the molecule is N#Cc1ccc2c(c1)C1CN(CCc3ccc(Br)cc3)C[C@H]1CO2. The van der Waals surface area contributed by atoms with Gasteiger partial charge in [-0.2, -0.15) is 5.26 Å². The van der Waals surface area contributed by atoms with Crippen LogP contribution in [-0.4, -0.2) is 31.1 Å². The fourth-order valence-electron chi connectivity index (χ4n) is 3.84. The van der Waals surface area contributed by atoms with Crippen molar-refractivity contribution < 1.29 is 4.74 Å². The molecule has 1 unspecified atom stereocenters. The number of benzene rings is 2. The van der Waals surface area contributed by atoms with Crippen LogP contribution < -0.4 is 4.74 Å². The summed E-state index contributed by atoms with van der Waals surface area (Å²) in [5.74, 6) is 1.99. The van der Waals surface area contributed by atoms with E-state index in [4.69, 9.17) is 10.00 Å². The summed E-state index contributed by atoms with van der Waals surface area (Å²) < 4.78 is 7.05. The third-order valence-electron chi connectivity index (χ3n) is 5.14. The van der Waals surface area contributed by atoms with Crippen LogP contribution in [0.1, 0.15) is 22.6 Å². The number of hydrogen-bond donors (Lipinski definition) is 0. The van der Waals surface area contributed by atoms with Gasteiger partial charge in [0, 0.05) is 41.5 Å². The van der Waals surface area contributed by atoms with Gasteiger partial charge in [-0.15, -0.1) is 0 Å². The highest BCUT2D eigenvalue weighted by Gasteiger charge is 2.38. The summed E-state index contributed by atoms with van der Waals surface area (Å²) in [5, 5.41) is 9.16. The molecule has 0 amide bonds. The Bertz CT molecular complexity index is 781. The highest BCUT2D eigenvalue weighted by atomic mass is 79.9. The van der Waals surface area contributed by atoms with Gasteiger partial charge in [-0.05, 0) is 42.3 Å². The fraction of sp³-hybridized carbons (Fsp3) is 0.350. The minimum absolute atomic E-state index is 0.493. The van der Waals surface area contributed by atoms with E-state index in [2.05, 4.69) is 51.2 Å². The standard InChI is InChI=1S/C20H19BrN2O/c21-17-4-1-14(2-5-17)7-8-23-11-16-13-24-20-6-3-15(10-22)9-18(20)19(16)12-23/h1-6,9,16,19H,7-8,11-13H2/t16-,19?/m0/s1. The van der Waals surface area contributed by atoms with Crippen molar-refractivity contribution in [2.45, 2.75) is 12.3 Å². The van der Waals surface area contributed by atoms with E-state index in [0.29, 0.717) is 11.8 Å². The maximum Gasteiger partial charge on any atom is 0.122 e. The second-order valence-electron chi connectivity index (χ2n) is 6.68. The van der Waals surface area contributed by atoms with Gasteiger partial charge >= 0.3 is 0 Å². The summed E-state index contributed by atoms with van der Waals surface area (Å²) in [4.78, 5) is 2.54. The minimum atomic E-state index is 0.493. The van der Waals surface area contributed by atoms with E-state index in [0.717, 1.165) is 48.4 Å². The Morgan fingerprint density at radius 2 is 2.00 bits per heavy atom. The first kappa shape index (κ1) is 15.7. The quantitative estimate of drug-likeness (QED) is 0.805. The van der Waals surface area contributed by atoms with Gasteiger partial charge < -0.3 is 9.64 Å². The minimum Gasteiger partial charge on any atom is -0.493 e. The molecular weight excluding hydrogens is 364 g/mol. The monoisotopic (exact) mass is 382 g/mol. The first-order valence-electron chi connectivity index (χ1n) is 8.36. The Balaban J connectivity index is 1.45. The van der Waals surface area contributed by atoms with E-state index in [1.54, 1.807) is 0 Å². The molecule has 2 aliphatic heterocycles. The van der Waals surface area contributed by atoms with Gasteiger partial charge in [0.25, 0.3) is 0 Å². The predicted octanol–water partition coefficient (Wildman–Crippen LogP) is 3.97. The molecule has 0 radical (unpaired) electrons. The molecule has 0 spiro atoms. The molecule has 0 bridgehead atoms. The maximum atomic E-state index is 9.16. The molecule has 2 heterocycles. The van der Waals surface area contributed by atoms with Gasteiger partial charge in [0.2, 0.25) is 0 Å². The normalized spacial score (nSPS) is 22.3. The third kappa shape index (κ3) is 3.07. The van der Waals surface area contributed by atoms with Gasteiger partial charge in [-0.1, -0.05) is 28.1 Å². The number of fused-ring (bicyclic) bond motifs is 3. The Morgan fingerprint density at radius 1 is 1.17 bits per heavy atom. The highest BCUT2D eigenvalue weighted by Crippen LogP contribution is 2.41. The van der Waals surface area contributed by atoms with Gasteiger partial charge in [-0.25, -0.2) is 0 Å². The molecule has 0 aliphatic carbocycles. The van der Waals surface area contributed by atoms with Crippen molar-refractivity contribution in [3.8, 4) is 11.8 Å². The highest BCUT2D eigenvalue weighted by molar-refractivity contribution is 9.10. The van der Waals surface area contributed by atoms with E-state index in [1.807, 2.05) is 18.2 Å². The van der Waals surface area contributed by atoms with Gasteiger partial charge in [0.05, 0.1) is 18.2 Å². The number of ether oxygens (including phenoxy) is 1. The van der Waals surface area contributed by atoms with Crippen molar-refractivity contribution in [1.82, 2.24) is 4.90 Å². The third-order valence-corrected chi connectivity index (χ3v) is 5.67. The van der Waals surface area contributed by atoms with Crippen LogP contribution >= 0.6 is 15.9 Å². The molecule has 4 rings (SSSR count). The molecule has 0 aromatic heterocycles. The summed E-state index contributed by atoms with van der Waals surface area (Å²) in [6.07, 6.45) is 1.07. The topological polar surface area (TPSA) is 36.3 Å². The number of halogens is 1. The molecular formula is C20H19BrN2O. The number of likely N-dealkylation sites (tertiary alicyclic amines) is 1. The smallest absolute Gasteiger partial charge is 0.122 e. The van der Waals surface area contributed by atoms with E-state index in [-0.39, 0.29) is 0 Å². The predicted molar refractivity (Wildman–Crippen MR) is 97.2 cm³/mol. The molecule has 2 atom stereocenters. The van der Waals surface area contributed by atoms with Crippen LogP contribution in [0.5, 0.6) is 5.75 Å². The van der Waals surface area contributed by atoms with Crippen LogP contribution in [0, 0.1) is 17.2 Å². The molecule has 1 fully saturated rings. The van der Waals surface area contributed by atoms with Crippen molar-refractivity contribution >= 4 is 15.9 Å². The molecule has 2 aliphatic rings. The summed E-state index contributed by atoms with van der Waals surface area (Å²) in [6.45, 7) is 4.00. The lowest BCUT2D eigenvalue weighted by molar-refractivity contribution is 0.213. The van der Waals surface area contributed by atoms with Crippen LogP contribution in [0.3, 0.4) is 0 Å². The van der Waals surface area contributed by atoms with Crippen molar-refractivity contribution in [3.05, 3.63) is 63.6 Å². The molecule has 2 aromatic rings. The van der Waals surface area contributed by atoms with Crippen molar-refractivity contribution in [2.75, 3.05) is 26.2 Å². The van der Waals surface area contributed by atoms with Gasteiger partial charge in [-0.3, -0.25) is 0 Å². The Labute approximate surface area is 151 Å². The zero-order chi connectivity index (χ0) is 16.5. The molecule has 4 heteroatoms. The Hall–Kier alpha value is -1.83. The molecule has 0 N–H and O–H groups in total. The maximum absolute atomic E-state index is 9.16. The fourth-order valence-corrected chi connectivity index (χ4v) is 4.10. The Kier molecular flexibility index (Phi) is 4.30. The molecule has 122 valence electrons. The molecule has 2 aromatic carbocycles. The zero-order valence-electron chi connectivity index (χ0n) is 13.4. The lowest BCUT2D eigenvalue weighted by atomic mass is 9.86. The van der Waals surface area contributed by atoms with E-state index in [1.165, 1.54) is 11.1 Å². The zero-order valence-corrected chi connectivity index (χ0v) is 15.0. The first-order chi connectivity index (χ1) is 11.7. The van der Waals surface area contributed by atoms with E-state index in [9.17, 15) is 0 Å². The number of nitrogens with zero attached hydrogens (tertiary/aromatic N) is 2. The van der Waals surface area contributed by atoms with Gasteiger partial charge in [0.15, 0.2) is 0 Å². The van der Waals surface area contributed by atoms with E-state index < -0.39 is 0 Å². The largest absolute Gasteiger partial charge is 0.493 e. The van der Waals surface area contributed by atoms with Crippen LogP contribution in [0.4, 0.5) is 0 Å². The van der Waals surface area contributed by atoms with E-state index >= 15 is 0 Å². The lowest BCUT2D eigenvalue weighted by Crippen LogP contribution is -2.25. The van der Waals surface area contributed by atoms with Gasteiger partial charge in [0.1, 0.15) is 5.75 Å². The van der Waals surface area contributed by atoms with Crippen LogP contribution in [-0.2, 0) is 6.42 Å². The second kappa shape index (κ2) is 6.58. The molecule has 1 saturated heterocycles. The molecule has 3 nitrogen and oxygen atoms in total. The molecule has 24 heavy (non-hydrogen) atoms. The van der Waals surface area contributed by atoms with Crippen LogP contribution in [0.15, 0.2) is 46.9 Å². The number of nitriles is 1. The lowest BCUT2D eigenvalue weighted by Gasteiger charge is -2.27. The summed E-state index contributed by atoms with van der Waals surface area (Å²) >= 11 is 3.48. The van der Waals surface area contributed by atoms with Crippen LogP contribution in [0.2, 0.25) is 0 Å². The average Bonchev–Trinajstić information content (AvgIpc) is 3.04. The summed E-state index contributed by atoms with van der Waals surface area (Å²) in [7, 11) is 0.